The number of nitrogens with zero attached hydrogens (tertiary/aromatic N) is 1. The molecule has 0 saturated heterocycles. The molecule has 0 aliphatic heterocycles. The van der Waals surface area contributed by atoms with Crippen LogP contribution in [0.5, 0.6) is 0 Å². The molecule has 3 aromatic rings. The molecular formula is C33H40F3N5O6. The highest BCUT2D eigenvalue weighted by Crippen LogP contribution is 2.24. The third-order valence-corrected chi connectivity index (χ3v) is 6.76. The molecule has 7 N–H and O–H groups in total. The molecule has 0 aliphatic carbocycles. The Bertz CT molecular complexity index is 1390. The maximum Gasteiger partial charge on any atom is 0.490 e. The second kappa shape index (κ2) is 20.2. The van der Waals surface area contributed by atoms with Crippen molar-refractivity contribution in [1.82, 2.24) is 15.6 Å². The highest BCUT2D eigenvalue weighted by molar-refractivity contribution is 5.88. The van der Waals surface area contributed by atoms with Crippen LogP contribution in [-0.2, 0) is 19.2 Å². The van der Waals surface area contributed by atoms with E-state index in [1.165, 1.54) is 0 Å². The Hall–Kier alpha value is -4.98. The fraction of sp³-hybridized carbons (Fsp3) is 0.364. The van der Waals surface area contributed by atoms with Gasteiger partial charge in [-0.15, -0.1) is 0 Å². The fourth-order valence-corrected chi connectivity index (χ4v) is 4.36. The zero-order chi connectivity index (χ0) is 34.7. The fourth-order valence-electron chi connectivity index (χ4n) is 4.36. The van der Waals surface area contributed by atoms with Crippen molar-refractivity contribution in [3.63, 3.8) is 0 Å². The van der Waals surface area contributed by atoms with Gasteiger partial charge in [0.25, 0.3) is 0 Å². The quantitative estimate of drug-likeness (QED) is 0.110. The minimum atomic E-state index is -5.08. The normalized spacial score (nSPS) is 12.1. The number of amides is 2. The number of unbranched alkanes of at least 4 members (excludes halogenated alkanes) is 2. The molecule has 1 heterocycles. The summed E-state index contributed by atoms with van der Waals surface area (Å²) in [5.74, 6) is -3.62. The van der Waals surface area contributed by atoms with Crippen LogP contribution in [0.4, 0.5) is 19.0 Å². The second-order valence-corrected chi connectivity index (χ2v) is 10.5. The van der Waals surface area contributed by atoms with Crippen molar-refractivity contribution >= 4 is 29.6 Å². The van der Waals surface area contributed by atoms with E-state index in [0.717, 1.165) is 29.8 Å². The number of nitrogens with one attached hydrogen (secondary N) is 3. The summed E-state index contributed by atoms with van der Waals surface area (Å²) in [6.07, 6.45) is -0.134. The summed E-state index contributed by atoms with van der Waals surface area (Å²) in [6, 6.07) is 21.5. The number of carbonyl (C=O) groups excluding carboxylic acids is 2. The van der Waals surface area contributed by atoms with Crippen molar-refractivity contribution in [2.24, 2.45) is 5.73 Å². The molecule has 1 aromatic heterocycles. The molecule has 0 spiro atoms. The number of carboxylic acid groups (broad SMARTS) is 2. The van der Waals surface area contributed by atoms with Gasteiger partial charge in [0.15, 0.2) is 0 Å². The van der Waals surface area contributed by atoms with Crippen LogP contribution in [0.15, 0.2) is 79.0 Å². The highest BCUT2D eigenvalue weighted by Gasteiger charge is 2.38. The molecule has 2 aromatic carbocycles. The van der Waals surface area contributed by atoms with Gasteiger partial charge in [-0.1, -0.05) is 60.7 Å². The molecule has 0 aliphatic rings. The number of carboxylic acids is 2. The average molecular weight is 660 g/mol. The summed E-state index contributed by atoms with van der Waals surface area (Å²) in [4.78, 5) is 50.7. The lowest BCUT2D eigenvalue weighted by Gasteiger charge is -2.23. The van der Waals surface area contributed by atoms with Gasteiger partial charge in [-0.05, 0) is 67.5 Å². The van der Waals surface area contributed by atoms with Gasteiger partial charge < -0.3 is 31.9 Å². The minimum Gasteiger partial charge on any atom is -0.481 e. The van der Waals surface area contributed by atoms with Crippen LogP contribution >= 0.6 is 0 Å². The van der Waals surface area contributed by atoms with Crippen molar-refractivity contribution in [2.75, 3.05) is 18.4 Å². The van der Waals surface area contributed by atoms with Gasteiger partial charge >= 0.3 is 18.1 Å². The van der Waals surface area contributed by atoms with Crippen molar-refractivity contribution in [3.05, 3.63) is 84.6 Å². The largest absolute Gasteiger partial charge is 0.490 e. The number of alkyl halides is 3. The van der Waals surface area contributed by atoms with Crippen LogP contribution in [0.1, 0.15) is 56.6 Å². The molecule has 2 amide bonds. The van der Waals surface area contributed by atoms with Gasteiger partial charge in [0.1, 0.15) is 11.9 Å². The van der Waals surface area contributed by atoms with Crippen molar-refractivity contribution in [3.8, 4) is 11.1 Å². The molecule has 1 unspecified atom stereocenters. The van der Waals surface area contributed by atoms with Gasteiger partial charge in [-0.2, -0.15) is 13.2 Å². The zero-order valence-electron chi connectivity index (χ0n) is 25.7. The zero-order valence-corrected chi connectivity index (χ0v) is 25.7. The third kappa shape index (κ3) is 15.2. The summed E-state index contributed by atoms with van der Waals surface area (Å²) in [7, 11) is 0. The lowest BCUT2D eigenvalue weighted by atomic mass is 9.98. The van der Waals surface area contributed by atoms with Crippen molar-refractivity contribution in [1.29, 1.82) is 0 Å². The first kappa shape index (κ1) is 38.2. The number of rotatable bonds is 17. The molecule has 11 nitrogen and oxygen atoms in total. The van der Waals surface area contributed by atoms with E-state index in [1.54, 1.807) is 6.20 Å². The molecule has 0 fully saturated rings. The number of hydrogen-bond donors (Lipinski definition) is 6. The molecule has 3 rings (SSSR count). The van der Waals surface area contributed by atoms with Gasteiger partial charge in [0.2, 0.25) is 11.8 Å². The number of carbonyl (C=O) groups is 4. The minimum absolute atomic E-state index is 0.215. The maximum atomic E-state index is 13.3. The first-order chi connectivity index (χ1) is 22.4. The molecule has 0 bridgehead atoms. The Morgan fingerprint density at radius 1 is 0.809 bits per heavy atom. The number of anilines is 1. The van der Waals surface area contributed by atoms with Crippen LogP contribution in [0.2, 0.25) is 0 Å². The lowest BCUT2D eigenvalue weighted by Crippen LogP contribution is -2.48. The predicted molar refractivity (Wildman–Crippen MR) is 170 cm³/mol. The summed E-state index contributed by atoms with van der Waals surface area (Å²) in [5.41, 5.74) is 8.35. The first-order valence-electron chi connectivity index (χ1n) is 15.0. The topological polar surface area (TPSA) is 184 Å². The monoisotopic (exact) mass is 659 g/mol. The lowest BCUT2D eigenvalue weighted by molar-refractivity contribution is -0.192. The number of halogens is 3. The van der Waals surface area contributed by atoms with E-state index in [4.69, 9.17) is 15.6 Å². The SMILES string of the molecule is NCCCC[C@H](NC(=O)CCCCNc1ccccn1)C(=O)NC(CC(=O)O)c1ccc(-c2ccccc2)cc1.O=C(O)C(F)(F)F. The number of aliphatic carboxylic acids is 2. The third-order valence-electron chi connectivity index (χ3n) is 6.76. The number of hydrogen-bond acceptors (Lipinski definition) is 7. The summed E-state index contributed by atoms with van der Waals surface area (Å²) < 4.78 is 31.7. The Labute approximate surface area is 270 Å². The number of nitrogens with two attached hydrogens (primary N) is 1. The number of pyridine rings is 1. The van der Waals surface area contributed by atoms with E-state index in [2.05, 4.69) is 20.9 Å². The predicted octanol–water partition coefficient (Wildman–Crippen LogP) is 4.91. The average Bonchev–Trinajstić information content (AvgIpc) is 3.04. The molecule has 0 radical (unpaired) electrons. The van der Waals surface area contributed by atoms with Crippen LogP contribution in [0, 0.1) is 0 Å². The van der Waals surface area contributed by atoms with Crippen LogP contribution in [0.25, 0.3) is 11.1 Å². The van der Waals surface area contributed by atoms with Crippen molar-refractivity contribution < 1.29 is 42.6 Å². The molecule has 254 valence electrons. The second-order valence-electron chi connectivity index (χ2n) is 10.5. The standard InChI is InChI=1S/C31H39N5O4.C2HF3O2/c32-19-7-4-12-26(35-29(37)14-6-9-21-34-28-13-5-8-20-33-28)31(40)36-27(22-30(38)39)25-17-15-24(16-18-25)23-10-2-1-3-11-23;3-2(4,5)1(6)7/h1-3,5,8,10-11,13,15-18,20,26-27H,4,6-7,9,12,14,19,21-22,32H2,(H,33,34)(H,35,37)(H,36,40)(H,38,39);(H,6,7)/t26-,27?;/m0./s1. The molecule has 2 atom stereocenters. The first-order valence-corrected chi connectivity index (χ1v) is 15.0. The molecule has 0 saturated carbocycles. The Morgan fingerprint density at radius 3 is 2.02 bits per heavy atom. The Balaban J connectivity index is 0.000000984. The molecule has 14 heteroatoms. The maximum absolute atomic E-state index is 13.3. The van der Waals surface area contributed by atoms with Gasteiger partial charge in [-0.3, -0.25) is 14.4 Å². The molecular weight excluding hydrogens is 619 g/mol. The summed E-state index contributed by atoms with van der Waals surface area (Å²) in [5, 5.41) is 25.6. The molecule has 47 heavy (non-hydrogen) atoms. The Kier molecular flexibility index (Phi) is 16.4. The summed E-state index contributed by atoms with van der Waals surface area (Å²) in [6.45, 7) is 1.17. The summed E-state index contributed by atoms with van der Waals surface area (Å²) >= 11 is 0. The van der Waals surface area contributed by atoms with E-state index in [0.29, 0.717) is 37.9 Å². The van der Waals surface area contributed by atoms with Gasteiger partial charge in [0, 0.05) is 19.2 Å². The highest BCUT2D eigenvalue weighted by atomic mass is 19.4. The van der Waals surface area contributed by atoms with Gasteiger partial charge in [-0.25, -0.2) is 9.78 Å². The van der Waals surface area contributed by atoms with Gasteiger partial charge in [0.05, 0.1) is 12.5 Å². The van der Waals surface area contributed by atoms with E-state index in [-0.39, 0.29) is 18.7 Å². The smallest absolute Gasteiger partial charge is 0.481 e. The van der Waals surface area contributed by atoms with E-state index >= 15 is 0 Å². The van der Waals surface area contributed by atoms with Crippen LogP contribution in [-0.4, -0.2) is 64.3 Å². The van der Waals surface area contributed by atoms with Crippen molar-refractivity contribution in [2.45, 2.75) is 63.2 Å². The van der Waals surface area contributed by atoms with E-state index in [1.807, 2.05) is 72.8 Å². The Morgan fingerprint density at radius 2 is 1.45 bits per heavy atom. The number of benzene rings is 2. The van der Waals surface area contributed by atoms with Crippen LogP contribution in [0.3, 0.4) is 0 Å². The number of aromatic nitrogens is 1. The van der Waals surface area contributed by atoms with E-state index < -0.39 is 36.1 Å². The van der Waals surface area contributed by atoms with E-state index in [9.17, 15) is 32.7 Å². The van der Waals surface area contributed by atoms with Crippen LogP contribution < -0.4 is 21.7 Å².